The van der Waals surface area contributed by atoms with Crippen molar-refractivity contribution in [2.75, 3.05) is 12.4 Å². The second kappa shape index (κ2) is 9.36. The number of phenolic OH excluding ortho intramolecular Hbond substituents is 1. The van der Waals surface area contributed by atoms with Gasteiger partial charge in [0.25, 0.3) is 5.91 Å². The van der Waals surface area contributed by atoms with Crippen LogP contribution in [0.5, 0.6) is 5.75 Å². The molecule has 0 saturated carbocycles. The maximum atomic E-state index is 12.8. The second-order valence-electron chi connectivity index (χ2n) is 8.53. The first-order valence-corrected chi connectivity index (χ1v) is 11.5. The molecule has 0 unspecified atom stereocenters. The molecule has 8 nitrogen and oxygen atoms in total. The van der Waals surface area contributed by atoms with Gasteiger partial charge in [0.05, 0.1) is 0 Å². The summed E-state index contributed by atoms with van der Waals surface area (Å²) in [5, 5.41) is 19.8. The summed E-state index contributed by atoms with van der Waals surface area (Å²) in [5.41, 5.74) is 2.69. The molecule has 0 spiro atoms. The van der Waals surface area contributed by atoms with Gasteiger partial charge in [0, 0.05) is 24.5 Å². The van der Waals surface area contributed by atoms with Gasteiger partial charge in [-0.15, -0.1) is 11.8 Å². The van der Waals surface area contributed by atoms with Crippen molar-refractivity contribution in [3.05, 3.63) is 40.1 Å². The molecule has 1 aromatic carbocycles. The largest absolute Gasteiger partial charge is 0.507 e. The number of carboxylic acid groups (broad SMARTS) is 1. The van der Waals surface area contributed by atoms with Crippen molar-refractivity contribution < 1.29 is 29.3 Å². The number of hydrogen-bond acceptors (Lipinski definition) is 7. The molecule has 3 rings (SSSR count). The number of amides is 1. The number of carbonyl (C=O) groups is 3. The maximum absolute atomic E-state index is 12.8. The van der Waals surface area contributed by atoms with Crippen LogP contribution in [0, 0.1) is 0 Å². The molecule has 1 fully saturated rings. The van der Waals surface area contributed by atoms with Crippen LogP contribution < -0.4 is 0 Å². The Morgan fingerprint density at radius 1 is 1.25 bits per heavy atom. The highest BCUT2D eigenvalue weighted by molar-refractivity contribution is 8.00. The lowest BCUT2D eigenvalue weighted by molar-refractivity contribution is -0.148. The molecule has 0 aromatic heterocycles. The number of hydrogen-bond donors (Lipinski definition) is 2. The molecule has 0 radical (unpaired) electrons. The highest BCUT2D eigenvalue weighted by Crippen LogP contribution is 2.42. The number of aromatic hydroxyl groups is 1. The van der Waals surface area contributed by atoms with Gasteiger partial charge in [-0.2, -0.15) is 0 Å². The Morgan fingerprint density at radius 2 is 1.84 bits per heavy atom. The number of carbonyl (C=O) groups excluding carboxylic acids is 2. The van der Waals surface area contributed by atoms with Crippen LogP contribution in [0.4, 0.5) is 0 Å². The van der Waals surface area contributed by atoms with Crippen LogP contribution in [0.3, 0.4) is 0 Å². The van der Waals surface area contributed by atoms with Crippen molar-refractivity contribution in [2.24, 2.45) is 4.99 Å². The highest BCUT2D eigenvalue weighted by atomic mass is 32.2. The van der Waals surface area contributed by atoms with Gasteiger partial charge < -0.3 is 14.9 Å². The van der Waals surface area contributed by atoms with Crippen molar-refractivity contribution in [3.63, 3.8) is 0 Å². The summed E-state index contributed by atoms with van der Waals surface area (Å²) in [6.45, 7) is 9.09. The third kappa shape index (κ3) is 4.53. The van der Waals surface area contributed by atoms with E-state index in [0.29, 0.717) is 11.3 Å². The zero-order valence-corrected chi connectivity index (χ0v) is 19.6. The summed E-state index contributed by atoms with van der Waals surface area (Å²) < 4.78 is 4.95. The van der Waals surface area contributed by atoms with Gasteiger partial charge >= 0.3 is 11.9 Å². The lowest BCUT2D eigenvalue weighted by atomic mass is 9.91. The topological polar surface area (TPSA) is 116 Å². The van der Waals surface area contributed by atoms with Gasteiger partial charge in [0.1, 0.15) is 23.4 Å². The quantitative estimate of drug-likeness (QED) is 0.364. The fourth-order valence-electron chi connectivity index (χ4n) is 3.79. The van der Waals surface area contributed by atoms with Crippen LogP contribution in [0.1, 0.15) is 63.1 Å². The molecule has 1 aromatic rings. The first-order valence-electron chi connectivity index (χ1n) is 10.5. The standard InChI is InChI=1S/C23H28N2O6S/c1-11(2)16-6-14(7-17(12(3)4)20(16)27)8-24-18-21(28)25-19(23(29)30)15(9-31-13(5)26)10-32-22(18)25/h6-8,11-12,18,22,27H,9-10H2,1-5H3,(H,29,30)/t18-,22-/m1/s1. The maximum Gasteiger partial charge on any atom is 0.352 e. The molecule has 2 N–H and O–H groups in total. The number of benzene rings is 1. The van der Waals surface area contributed by atoms with Gasteiger partial charge in [0.15, 0.2) is 6.04 Å². The first kappa shape index (κ1) is 23.8. The SMILES string of the molecule is CC(=O)OCC1=C(C(=O)O)N2C(=O)[C@@H](N=Cc3cc(C(C)C)c(O)c(C(C)C)c3)[C@H]2SC1. The van der Waals surface area contributed by atoms with Crippen LogP contribution in [0.15, 0.2) is 28.4 Å². The average Bonchev–Trinajstić information content (AvgIpc) is 2.71. The van der Waals surface area contributed by atoms with E-state index >= 15 is 0 Å². The van der Waals surface area contributed by atoms with Crippen molar-refractivity contribution in [1.29, 1.82) is 0 Å². The minimum atomic E-state index is -1.23. The van der Waals surface area contributed by atoms with E-state index in [9.17, 15) is 24.6 Å². The lowest BCUT2D eigenvalue weighted by Gasteiger charge is -2.47. The molecule has 1 amide bonds. The normalized spacial score (nSPS) is 20.7. The van der Waals surface area contributed by atoms with E-state index in [1.807, 2.05) is 39.8 Å². The molecule has 2 aliphatic heterocycles. The van der Waals surface area contributed by atoms with Gasteiger partial charge in [-0.25, -0.2) is 4.79 Å². The molecule has 172 valence electrons. The Balaban J connectivity index is 1.85. The number of β-lactam (4-membered cyclic amide) rings is 1. The number of ether oxygens (including phenoxy) is 1. The van der Waals surface area contributed by atoms with E-state index in [0.717, 1.165) is 16.7 Å². The minimum absolute atomic E-state index is 0.120. The fourth-order valence-corrected chi connectivity index (χ4v) is 5.11. The average molecular weight is 461 g/mol. The Kier molecular flexibility index (Phi) is 6.97. The summed E-state index contributed by atoms with van der Waals surface area (Å²) in [5.74, 6) is -1.27. The predicted octanol–water partition coefficient (Wildman–Crippen LogP) is 3.24. The number of thioether (sulfide) groups is 1. The molecule has 1 saturated heterocycles. The Hall–Kier alpha value is -2.81. The van der Waals surface area contributed by atoms with E-state index < -0.39 is 29.3 Å². The van der Waals surface area contributed by atoms with Crippen molar-refractivity contribution in [3.8, 4) is 5.75 Å². The van der Waals surface area contributed by atoms with Crippen LogP contribution in [-0.4, -0.2) is 62.9 Å². The van der Waals surface area contributed by atoms with Crippen LogP contribution in [0.2, 0.25) is 0 Å². The summed E-state index contributed by atoms with van der Waals surface area (Å²) in [7, 11) is 0. The monoisotopic (exact) mass is 460 g/mol. The summed E-state index contributed by atoms with van der Waals surface area (Å²) in [4.78, 5) is 41.4. The van der Waals surface area contributed by atoms with E-state index in [4.69, 9.17) is 4.74 Å². The third-order valence-corrected chi connectivity index (χ3v) is 6.82. The molecular weight excluding hydrogens is 432 g/mol. The van der Waals surface area contributed by atoms with Gasteiger partial charge in [-0.1, -0.05) is 27.7 Å². The van der Waals surface area contributed by atoms with Crippen LogP contribution >= 0.6 is 11.8 Å². The molecule has 2 atom stereocenters. The molecule has 9 heteroatoms. The lowest BCUT2D eigenvalue weighted by Crippen LogP contribution is -2.64. The first-order chi connectivity index (χ1) is 15.0. The smallest absolute Gasteiger partial charge is 0.352 e. The molecule has 32 heavy (non-hydrogen) atoms. The van der Waals surface area contributed by atoms with E-state index in [1.165, 1.54) is 23.6 Å². The summed E-state index contributed by atoms with van der Waals surface area (Å²) in [6.07, 6.45) is 1.62. The van der Waals surface area contributed by atoms with Crippen molar-refractivity contribution >= 4 is 35.8 Å². The van der Waals surface area contributed by atoms with Gasteiger partial charge in [0.2, 0.25) is 0 Å². The number of rotatable bonds is 7. The molecule has 0 bridgehead atoms. The number of aliphatic carboxylic acids is 1. The number of fused-ring (bicyclic) bond motifs is 1. The minimum Gasteiger partial charge on any atom is -0.507 e. The summed E-state index contributed by atoms with van der Waals surface area (Å²) in [6, 6.07) is 3.04. The fraction of sp³-hybridized carbons (Fsp3) is 0.478. The second-order valence-corrected chi connectivity index (χ2v) is 9.63. The van der Waals surface area contributed by atoms with Gasteiger partial charge in [-0.3, -0.25) is 19.5 Å². The number of nitrogens with zero attached hydrogens (tertiary/aromatic N) is 2. The Morgan fingerprint density at radius 3 is 2.34 bits per heavy atom. The highest BCUT2D eigenvalue weighted by Gasteiger charge is 2.53. The third-order valence-electron chi connectivity index (χ3n) is 5.49. The molecule has 2 aliphatic rings. The zero-order valence-electron chi connectivity index (χ0n) is 18.8. The molecule has 2 heterocycles. The summed E-state index contributed by atoms with van der Waals surface area (Å²) >= 11 is 1.40. The van der Waals surface area contributed by atoms with Crippen LogP contribution in [0.25, 0.3) is 0 Å². The van der Waals surface area contributed by atoms with Crippen molar-refractivity contribution in [1.82, 2.24) is 4.90 Å². The van der Waals surface area contributed by atoms with E-state index in [2.05, 4.69) is 4.99 Å². The number of esters is 1. The molecular formula is C23H28N2O6S. The Bertz CT molecular complexity index is 985. The zero-order chi connectivity index (χ0) is 23.7. The molecule has 0 aliphatic carbocycles. The van der Waals surface area contributed by atoms with Crippen LogP contribution in [-0.2, 0) is 19.1 Å². The number of phenols is 1. The predicted molar refractivity (Wildman–Crippen MR) is 122 cm³/mol. The van der Waals surface area contributed by atoms with E-state index in [-0.39, 0.29) is 29.9 Å². The number of aliphatic imine (C=N–C) groups is 1. The van der Waals surface area contributed by atoms with Gasteiger partial charge in [-0.05, 0) is 40.7 Å². The van der Waals surface area contributed by atoms with Crippen molar-refractivity contribution in [2.45, 2.75) is 57.9 Å². The Labute approximate surface area is 191 Å². The van der Waals surface area contributed by atoms with E-state index in [1.54, 1.807) is 6.21 Å². The number of carboxylic acids is 1.